The topological polar surface area (TPSA) is 32.5 Å². The van der Waals surface area contributed by atoms with Crippen LogP contribution < -0.4 is 5.73 Å². The number of hydrogen-bond acceptors (Lipinski definition) is 4. The molecule has 0 spiro atoms. The minimum atomic E-state index is 0.139. The molecular weight excluding hydrogens is 254 g/mol. The molecule has 114 valence electrons. The van der Waals surface area contributed by atoms with Crippen molar-refractivity contribution >= 4 is 11.8 Å². The van der Waals surface area contributed by atoms with Crippen molar-refractivity contribution in [2.45, 2.75) is 45.7 Å². The minimum Gasteiger partial charge on any atom is -0.329 e. The van der Waals surface area contributed by atoms with Gasteiger partial charge in [-0.3, -0.25) is 4.90 Å². The normalized spacial score (nSPS) is 28.9. The van der Waals surface area contributed by atoms with Crippen LogP contribution in [0.3, 0.4) is 0 Å². The van der Waals surface area contributed by atoms with Crippen molar-refractivity contribution in [3.8, 4) is 0 Å². The van der Waals surface area contributed by atoms with Crippen LogP contribution in [0.4, 0.5) is 0 Å². The first-order valence-electron chi connectivity index (χ1n) is 7.50. The van der Waals surface area contributed by atoms with Crippen molar-refractivity contribution in [1.29, 1.82) is 0 Å². The Kier molecular flexibility index (Phi) is 6.18. The van der Waals surface area contributed by atoms with Gasteiger partial charge in [0.2, 0.25) is 0 Å². The Morgan fingerprint density at radius 2 is 1.95 bits per heavy atom. The Bertz CT molecular complexity index is 281. The van der Waals surface area contributed by atoms with Crippen LogP contribution in [-0.4, -0.2) is 66.6 Å². The summed E-state index contributed by atoms with van der Waals surface area (Å²) in [6, 6.07) is 0.543. The highest BCUT2D eigenvalue weighted by atomic mass is 32.2. The van der Waals surface area contributed by atoms with E-state index < -0.39 is 0 Å². The average Bonchev–Trinajstić information content (AvgIpc) is 2.31. The third-order valence-corrected chi connectivity index (χ3v) is 6.04. The summed E-state index contributed by atoms with van der Waals surface area (Å²) in [4.78, 5) is 4.94. The molecule has 4 heteroatoms. The molecule has 3 nitrogen and oxygen atoms in total. The van der Waals surface area contributed by atoms with E-state index >= 15 is 0 Å². The first-order valence-corrected chi connectivity index (χ1v) is 8.65. The molecule has 0 amide bonds. The Hall–Kier alpha value is 0.230. The molecule has 0 aromatic rings. The van der Waals surface area contributed by atoms with Gasteiger partial charge in [-0.05, 0) is 45.2 Å². The monoisotopic (exact) mass is 287 g/mol. The highest BCUT2D eigenvalue weighted by Gasteiger charge is 2.50. The first kappa shape index (κ1) is 17.3. The number of nitrogens with two attached hydrogens (primary N) is 1. The Labute approximate surface area is 124 Å². The van der Waals surface area contributed by atoms with Gasteiger partial charge in [0.1, 0.15) is 0 Å². The lowest BCUT2D eigenvalue weighted by Gasteiger charge is -2.57. The molecule has 1 rings (SSSR count). The molecule has 0 aromatic heterocycles. The van der Waals surface area contributed by atoms with Gasteiger partial charge >= 0.3 is 0 Å². The zero-order valence-corrected chi connectivity index (χ0v) is 14.5. The van der Waals surface area contributed by atoms with Crippen LogP contribution in [0.2, 0.25) is 0 Å². The summed E-state index contributed by atoms with van der Waals surface area (Å²) in [5, 5.41) is 0. The van der Waals surface area contributed by atoms with E-state index in [0.29, 0.717) is 11.5 Å². The second-order valence-corrected chi connectivity index (χ2v) is 7.92. The third kappa shape index (κ3) is 3.46. The van der Waals surface area contributed by atoms with Gasteiger partial charge < -0.3 is 10.6 Å². The van der Waals surface area contributed by atoms with Gasteiger partial charge in [0.05, 0.1) is 0 Å². The van der Waals surface area contributed by atoms with Gasteiger partial charge in [0, 0.05) is 30.4 Å². The number of nitrogens with zero attached hydrogens (tertiary/aromatic N) is 2. The van der Waals surface area contributed by atoms with E-state index in [4.69, 9.17) is 5.73 Å². The zero-order valence-electron chi connectivity index (χ0n) is 13.7. The maximum absolute atomic E-state index is 6.29. The molecule has 2 atom stereocenters. The minimum absolute atomic E-state index is 0.139. The molecule has 1 fully saturated rings. The molecular formula is C15H33N3S. The average molecular weight is 288 g/mol. The first-order chi connectivity index (χ1) is 8.80. The van der Waals surface area contributed by atoms with Crippen molar-refractivity contribution in [3.05, 3.63) is 0 Å². The van der Waals surface area contributed by atoms with Crippen molar-refractivity contribution < 1.29 is 0 Å². The lowest BCUT2D eigenvalue weighted by atomic mass is 9.69. The van der Waals surface area contributed by atoms with E-state index in [1.54, 1.807) is 0 Å². The van der Waals surface area contributed by atoms with E-state index in [-0.39, 0.29) is 5.54 Å². The van der Waals surface area contributed by atoms with Crippen LogP contribution in [0, 0.1) is 5.41 Å². The van der Waals surface area contributed by atoms with Gasteiger partial charge in [-0.1, -0.05) is 20.8 Å². The Morgan fingerprint density at radius 3 is 2.37 bits per heavy atom. The standard InChI is InChI=1S/C15H33N3S/c1-7-18(13(2)10-17(5)6)15(11-16)12-19-9-8-14(15,3)4/h13H,7-12,16H2,1-6H3. The van der Waals surface area contributed by atoms with Crippen LogP contribution in [0.15, 0.2) is 0 Å². The van der Waals surface area contributed by atoms with Gasteiger partial charge in [-0.25, -0.2) is 0 Å². The van der Waals surface area contributed by atoms with Gasteiger partial charge in [-0.2, -0.15) is 11.8 Å². The van der Waals surface area contributed by atoms with Crippen LogP contribution in [-0.2, 0) is 0 Å². The summed E-state index contributed by atoms with van der Waals surface area (Å²) >= 11 is 2.07. The maximum Gasteiger partial charge on any atom is 0.0476 e. The van der Waals surface area contributed by atoms with Gasteiger partial charge in [0.15, 0.2) is 0 Å². The molecule has 0 saturated carbocycles. The molecule has 1 aliphatic heterocycles. The molecule has 2 unspecified atom stereocenters. The lowest BCUT2D eigenvalue weighted by Crippen LogP contribution is -2.68. The van der Waals surface area contributed by atoms with E-state index in [9.17, 15) is 0 Å². The zero-order chi connectivity index (χ0) is 14.7. The molecule has 0 bridgehead atoms. The predicted octanol–water partition coefficient (Wildman–Crippen LogP) is 2.12. The van der Waals surface area contributed by atoms with Crippen molar-refractivity contribution in [2.75, 3.05) is 45.2 Å². The van der Waals surface area contributed by atoms with Crippen LogP contribution in [0.5, 0.6) is 0 Å². The summed E-state index contributed by atoms with van der Waals surface area (Å²) < 4.78 is 0. The van der Waals surface area contributed by atoms with Crippen molar-refractivity contribution in [2.24, 2.45) is 11.1 Å². The number of likely N-dealkylation sites (N-methyl/N-ethyl adjacent to an activating group) is 2. The highest BCUT2D eigenvalue weighted by Crippen LogP contribution is 2.46. The van der Waals surface area contributed by atoms with Gasteiger partial charge in [0.25, 0.3) is 0 Å². The largest absolute Gasteiger partial charge is 0.329 e. The fourth-order valence-corrected chi connectivity index (χ4v) is 5.39. The summed E-state index contributed by atoms with van der Waals surface area (Å²) in [7, 11) is 4.31. The van der Waals surface area contributed by atoms with Gasteiger partial charge in [-0.15, -0.1) is 0 Å². The van der Waals surface area contributed by atoms with E-state index in [2.05, 4.69) is 63.4 Å². The molecule has 1 aliphatic rings. The third-order valence-electron chi connectivity index (χ3n) is 4.86. The molecule has 0 radical (unpaired) electrons. The second kappa shape index (κ2) is 6.79. The fraction of sp³-hybridized carbons (Fsp3) is 1.00. The Balaban J connectivity index is 3.02. The fourth-order valence-electron chi connectivity index (χ4n) is 3.58. The summed E-state index contributed by atoms with van der Waals surface area (Å²) in [6.07, 6.45) is 1.26. The van der Waals surface area contributed by atoms with Crippen LogP contribution in [0.1, 0.15) is 34.1 Å². The predicted molar refractivity (Wildman–Crippen MR) is 87.9 cm³/mol. The highest BCUT2D eigenvalue weighted by molar-refractivity contribution is 7.99. The molecule has 0 aliphatic carbocycles. The lowest BCUT2D eigenvalue weighted by molar-refractivity contribution is -0.0255. The van der Waals surface area contributed by atoms with Crippen molar-refractivity contribution in [3.63, 3.8) is 0 Å². The van der Waals surface area contributed by atoms with Crippen molar-refractivity contribution in [1.82, 2.24) is 9.80 Å². The SMILES string of the molecule is CCN(C(C)CN(C)C)C1(CN)CSCCC1(C)C. The maximum atomic E-state index is 6.29. The molecule has 2 N–H and O–H groups in total. The summed E-state index contributed by atoms with van der Waals surface area (Å²) in [5.74, 6) is 2.44. The molecule has 1 heterocycles. The molecule has 0 aromatic carbocycles. The summed E-state index contributed by atoms with van der Waals surface area (Å²) in [6.45, 7) is 12.4. The molecule has 19 heavy (non-hydrogen) atoms. The Morgan fingerprint density at radius 1 is 1.32 bits per heavy atom. The smallest absolute Gasteiger partial charge is 0.0476 e. The number of rotatable bonds is 6. The van der Waals surface area contributed by atoms with E-state index in [0.717, 1.165) is 19.6 Å². The van der Waals surface area contributed by atoms with Crippen LogP contribution in [0.25, 0.3) is 0 Å². The van der Waals surface area contributed by atoms with E-state index in [1.165, 1.54) is 17.9 Å². The second-order valence-electron chi connectivity index (χ2n) is 6.82. The number of hydrogen-bond donors (Lipinski definition) is 1. The number of thioether (sulfide) groups is 1. The van der Waals surface area contributed by atoms with E-state index in [1.807, 2.05) is 0 Å². The molecule has 1 saturated heterocycles. The van der Waals surface area contributed by atoms with Crippen LogP contribution >= 0.6 is 11.8 Å². The quantitative estimate of drug-likeness (QED) is 0.811. The summed E-state index contributed by atoms with van der Waals surface area (Å²) in [5.41, 5.74) is 6.72.